The maximum absolute atomic E-state index is 11.3. The molecule has 0 aliphatic heterocycles. The molecule has 0 unspecified atom stereocenters. The van der Waals surface area contributed by atoms with E-state index in [0.29, 0.717) is 43.2 Å². The molecule has 37 heavy (non-hydrogen) atoms. The zero-order chi connectivity index (χ0) is 26.6. The first-order valence-electron chi connectivity index (χ1n) is 12.4. The molecule has 198 valence electrons. The molecule has 0 spiro atoms. The summed E-state index contributed by atoms with van der Waals surface area (Å²) in [6, 6.07) is 11.4. The van der Waals surface area contributed by atoms with Crippen LogP contribution in [0, 0.1) is 6.92 Å². The van der Waals surface area contributed by atoms with Crippen molar-refractivity contribution in [3.63, 3.8) is 0 Å². The fourth-order valence-electron chi connectivity index (χ4n) is 4.45. The molecule has 4 aromatic rings. The predicted molar refractivity (Wildman–Crippen MR) is 145 cm³/mol. The third-order valence-electron chi connectivity index (χ3n) is 6.19. The van der Waals surface area contributed by atoms with Gasteiger partial charge in [-0.15, -0.1) is 0 Å². The third-order valence-corrected chi connectivity index (χ3v) is 6.63. The smallest absolute Gasteiger partial charge is 0.404 e. The standard InChI is InChI=1S/C26H34N5O5P/c1-3-4-5-23-30-24-25(31(23)16-19-7-9-22(17(2)14-19)36-37(32,33)34)20-15-18(10-12-35-13-11-27)6-8-21(20)29-26(24)28/h6-9,14-15H,3-5,10-13,16,27H2,1-2H3,(H2,28,29)(H2,32,33,34). The van der Waals surface area contributed by atoms with E-state index < -0.39 is 7.82 Å². The molecule has 2 aromatic carbocycles. The van der Waals surface area contributed by atoms with Crippen molar-refractivity contribution in [3.05, 3.63) is 58.9 Å². The van der Waals surface area contributed by atoms with Crippen LogP contribution in [-0.4, -0.2) is 44.1 Å². The molecular weight excluding hydrogens is 493 g/mol. The van der Waals surface area contributed by atoms with Crippen molar-refractivity contribution in [2.45, 2.75) is 46.1 Å². The third kappa shape index (κ3) is 6.47. The summed E-state index contributed by atoms with van der Waals surface area (Å²) >= 11 is 0. The van der Waals surface area contributed by atoms with Gasteiger partial charge in [-0.1, -0.05) is 31.5 Å². The van der Waals surface area contributed by atoms with Crippen molar-refractivity contribution in [2.24, 2.45) is 5.73 Å². The number of nitrogens with two attached hydrogens (primary N) is 2. The molecule has 0 saturated carbocycles. The molecular formula is C26H34N5O5P. The van der Waals surface area contributed by atoms with Crippen LogP contribution in [0.15, 0.2) is 36.4 Å². The van der Waals surface area contributed by atoms with Gasteiger partial charge in [-0.05, 0) is 54.7 Å². The second kappa shape index (κ2) is 11.6. The molecule has 2 heterocycles. The van der Waals surface area contributed by atoms with Crippen LogP contribution in [0.5, 0.6) is 5.75 Å². The normalized spacial score (nSPS) is 12.0. The van der Waals surface area contributed by atoms with E-state index in [1.807, 2.05) is 18.2 Å². The number of rotatable bonds is 12. The molecule has 0 amide bonds. The zero-order valence-corrected chi connectivity index (χ0v) is 22.1. The fourth-order valence-corrected chi connectivity index (χ4v) is 4.91. The Morgan fingerprint density at radius 3 is 2.54 bits per heavy atom. The highest BCUT2D eigenvalue weighted by atomic mass is 31.2. The fraction of sp³-hybridized carbons (Fsp3) is 0.385. The van der Waals surface area contributed by atoms with Crippen LogP contribution in [-0.2, 0) is 28.7 Å². The Labute approximate surface area is 215 Å². The van der Waals surface area contributed by atoms with Gasteiger partial charge >= 0.3 is 7.82 Å². The molecule has 0 aliphatic carbocycles. The van der Waals surface area contributed by atoms with Gasteiger partial charge in [0.15, 0.2) is 5.82 Å². The minimum atomic E-state index is -4.64. The molecule has 0 fully saturated rings. The SMILES string of the molecule is CCCCc1nc2c(N)nc3ccc(CCOCCN)cc3c2n1Cc1ccc(OP(=O)(O)O)c(C)c1. The van der Waals surface area contributed by atoms with Crippen molar-refractivity contribution in [1.82, 2.24) is 14.5 Å². The number of aromatic nitrogens is 3. The first-order valence-corrected chi connectivity index (χ1v) is 13.9. The summed E-state index contributed by atoms with van der Waals surface area (Å²) in [5, 5.41) is 0.967. The van der Waals surface area contributed by atoms with Crippen LogP contribution in [0.1, 0.15) is 42.3 Å². The highest BCUT2D eigenvalue weighted by Gasteiger charge is 2.20. The number of ether oxygens (including phenoxy) is 1. The largest absolute Gasteiger partial charge is 0.524 e. The zero-order valence-electron chi connectivity index (χ0n) is 21.2. The number of phosphoric ester groups is 1. The number of benzene rings is 2. The second-order valence-corrected chi connectivity index (χ2v) is 10.3. The average Bonchev–Trinajstić information content (AvgIpc) is 3.21. The number of anilines is 1. The number of hydrogen-bond donors (Lipinski definition) is 4. The van der Waals surface area contributed by atoms with Crippen LogP contribution in [0.4, 0.5) is 5.82 Å². The van der Waals surface area contributed by atoms with Gasteiger partial charge in [0.25, 0.3) is 0 Å². The van der Waals surface area contributed by atoms with E-state index in [9.17, 15) is 14.4 Å². The number of imidazole rings is 1. The Kier molecular flexibility index (Phi) is 8.46. The van der Waals surface area contributed by atoms with Crippen molar-refractivity contribution >= 4 is 35.6 Å². The molecule has 0 radical (unpaired) electrons. The van der Waals surface area contributed by atoms with Gasteiger partial charge < -0.3 is 25.3 Å². The summed E-state index contributed by atoms with van der Waals surface area (Å²) in [5.74, 6) is 1.46. The van der Waals surface area contributed by atoms with Gasteiger partial charge in [0.05, 0.1) is 24.2 Å². The van der Waals surface area contributed by atoms with E-state index in [1.54, 1.807) is 19.1 Å². The summed E-state index contributed by atoms with van der Waals surface area (Å²) in [6.45, 7) is 6.01. The molecule has 6 N–H and O–H groups in total. The van der Waals surface area contributed by atoms with E-state index in [1.165, 1.54) is 0 Å². The molecule has 0 saturated heterocycles. The average molecular weight is 528 g/mol. The summed E-state index contributed by atoms with van der Waals surface area (Å²) < 4.78 is 23.9. The number of unbranched alkanes of at least 4 members (excludes halogenated alkanes) is 1. The van der Waals surface area contributed by atoms with Crippen molar-refractivity contribution in [2.75, 3.05) is 25.5 Å². The Hall–Kier alpha value is -3.01. The van der Waals surface area contributed by atoms with Crippen LogP contribution in [0.3, 0.4) is 0 Å². The predicted octanol–water partition coefficient (Wildman–Crippen LogP) is 3.86. The topological polar surface area (TPSA) is 159 Å². The number of phosphoric acid groups is 1. The summed E-state index contributed by atoms with van der Waals surface area (Å²) in [5.41, 5.74) is 17.0. The van der Waals surface area contributed by atoms with Crippen LogP contribution in [0.2, 0.25) is 0 Å². The van der Waals surface area contributed by atoms with Gasteiger partial charge in [-0.25, -0.2) is 14.5 Å². The van der Waals surface area contributed by atoms with Crippen molar-refractivity contribution < 1.29 is 23.6 Å². The lowest BCUT2D eigenvalue weighted by Crippen LogP contribution is -2.10. The van der Waals surface area contributed by atoms with Crippen LogP contribution in [0.25, 0.3) is 21.9 Å². The molecule has 0 aliphatic rings. The van der Waals surface area contributed by atoms with Crippen LogP contribution >= 0.6 is 7.82 Å². The van der Waals surface area contributed by atoms with E-state index >= 15 is 0 Å². The number of fused-ring (bicyclic) bond motifs is 3. The lowest BCUT2D eigenvalue weighted by Gasteiger charge is -2.14. The number of hydrogen-bond acceptors (Lipinski definition) is 7. The summed E-state index contributed by atoms with van der Waals surface area (Å²) in [6.07, 6.45) is 3.54. The van der Waals surface area contributed by atoms with E-state index in [-0.39, 0.29) is 5.75 Å². The van der Waals surface area contributed by atoms with E-state index in [2.05, 4.69) is 22.5 Å². The molecule has 10 nitrogen and oxygen atoms in total. The van der Waals surface area contributed by atoms with Crippen molar-refractivity contribution in [1.29, 1.82) is 0 Å². The first kappa shape index (κ1) is 27.0. The Morgan fingerprint density at radius 1 is 1.05 bits per heavy atom. The number of nitrogen functional groups attached to an aromatic ring is 1. The van der Waals surface area contributed by atoms with E-state index in [4.69, 9.17) is 25.7 Å². The quantitative estimate of drug-likeness (QED) is 0.158. The molecule has 2 aromatic heterocycles. The Balaban J connectivity index is 1.80. The highest BCUT2D eigenvalue weighted by Crippen LogP contribution is 2.39. The maximum atomic E-state index is 11.3. The van der Waals surface area contributed by atoms with Gasteiger partial charge in [-0.3, -0.25) is 9.79 Å². The molecule has 0 atom stereocenters. The number of pyridine rings is 1. The molecule has 4 rings (SSSR count). The minimum absolute atomic E-state index is 0.152. The lowest BCUT2D eigenvalue weighted by atomic mass is 10.1. The Morgan fingerprint density at radius 2 is 1.84 bits per heavy atom. The molecule has 11 heteroatoms. The highest BCUT2D eigenvalue weighted by molar-refractivity contribution is 7.46. The minimum Gasteiger partial charge on any atom is -0.404 e. The maximum Gasteiger partial charge on any atom is 0.524 e. The van der Waals surface area contributed by atoms with Gasteiger partial charge in [0.2, 0.25) is 0 Å². The van der Waals surface area contributed by atoms with Gasteiger partial charge in [-0.2, -0.15) is 0 Å². The first-order chi connectivity index (χ1) is 17.7. The van der Waals surface area contributed by atoms with Crippen molar-refractivity contribution in [3.8, 4) is 5.75 Å². The molecule has 0 bridgehead atoms. The number of nitrogens with zero attached hydrogens (tertiary/aromatic N) is 3. The van der Waals surface area contributed by atoms with Gasteiger partial charge in [0.1, 0.15) is 17.1 Å². The summed E-state index contributed by atoms with van der Waals surface area (Å²) in [7, 11) is -4.64. The Bertz CT molecular complexity index is 1450. The summed E-state index contributed by atoms with van der Waals surface area (Å²) in [4.78, 5) is 27.9. The second-order valence-electron chi connectivity index (χ2n) is 9.10. The van der Waals surface area contributed by atoms with Gasteiger partial charge in [0, 0.05) is 24.9 Å². The lowest BCUT2D eigenvalue weighted by molar-refractivity contribution is 0.145. The van der Waals surface area contributed by atoms with E-state index in [0.717, 1.165) is 59.1 Å². The van der Waals surface area contributed by atoms with Crippen LogP contribution < -0.4 is 16.0 Å². The number of aryl methyl sites for hydroxylation is 2. The monoisotopic (exact) mass is 527 g/mol.